The minimum absolute atomic E-state index is 0.0811. The predicted octanol–water partition coefficient (Wildman–Crippen LogP) is 3.61. The van der Waals surface area contributed by atoms with Crippen LogP contribution in [-0.2, 0) is 16.0 Å². The lowest BCUT2D eigenvalue weighted by Gasteiger charge is -2.26. The van der Waals surface area contributed by atoms with Crippen molar-refractivity contribution in [1.82, 2.24) is 0 Å². The van der Waals surface area contributed by atoms with Gasteiger partial charge < -0.3 is 10.4 Å². The van der Waals surface area contributed by atoms with Crippen molar-refractivity contribution in [3.8, 4) is 0 Å². The molecule has 114 valence electrons. The molecule has 0 bridgehead atoms. The quantitative estimate of drug-likeness (QED) is 0.840. The third kappa shape index (κ3) is 4.31. The Labute approximate surface area is 125 Å². The molecule has 1 fully saturated rings. The van der Waals surface area contributed by atoms with Crippen molar-refractivity contribution in [2.24, 2.45) is 5.41 Å². The third-order valence-electron chi connectivity index (χ3n) is 4.37. The maximum absolute atomic E-state index is 12.2. The molecule has 1 saturated carbocycles. The van der Waals surface area contributed by atoms with E-state index in [0.29, 0.717) is 6.42 Å². The highest BCUT2D eigenvalue weighted by Crippen LogP contribution is 2.44. The fourth-order valence-corrected chi connectivity index (χ4v) is 3.23. The maximum atomic E-state index is 12.2. The third-order valence-corrected chi connectivity index (χ3v) is 4.37. The molecule has 1 aromatic carbocycles. The molecule has 0 aliphatic heterocycles. The standard InChI is InChI=1S/C17H23NO3/c1-2-13-5-7-14(8-6-13)18-15(19)11-17(12-16(20)21)9-3-4-10-17/h5-8H,2-4,9-12H2,1H3,(H,18,19)(H,20,21). The lowest BCUT2D eigenvalue weighted by molar-refractivity contribution is -0.140. The first-order valence-corrected chi connectivity index (χ1v) is 7.64. The normalized spacial score (nSPS) is 16.6. The number of nitrogens with one attached hydrogen (secondary N) is 1. The number of rotatable bonds is 6. The van der Waals surface area contributed by atoms with Crippen molar-refractivity contribution < 1.29 is 14.7 Å². The van der Waals surface area contributed by atoms with Gasteiger partial charge in [-0.05, 0) is 42.4 Å². The number of hydrogen-bond donors (Lipinski definition) is 2. The second-order valence-electron chi connectivity index (χ2n) is 6.05. The molecule has 0 unspecified atom stereocenters. The zero-order valence-corrected chi connectivity index (χ0v) is 12.5. The molecular formula is C17H23NO3. The molecule has 1 amide bonds. The Morgan fingerprint density at radius 2 is 1.76 bits per heavy atom. The molecule has 2 N–H and O–H groups in total. The Morgan fingerprint density at radius 3 is 2.29 bits per heavy atom. The first-order chi connectivity index (χ1) is 10.0. The largest absolute Gasteiger partial charge is 0.481 e. The van der Waals surface area contributed by atoms with Gasteiger partial charge in [0.15, 0.2) is 0 Å². The second-order valence-corrected chi connectivity index (χ2v) is 6.05. The summed E-state index contributed by atoms with van der Waals surface area (Å²) in [6.07, 6.45) is 5.07. The molecule has 0 aromatic heterocycles. The van der Waals surface area contributed by atoms with Gasteiger partial charge in [-0.1, -0.05) is 31.9 Å². The van der Waals surface area contributed by atoms with Crippen molar-refractivity contribution in [3.63, 3.8) is 0 Å². The summed E-state index contributed by atoms with van der Waals surface area (Å²) in [5.41, 5.74) is 1.66. The molecule has 0 saturated heterocycles. The minimum atomic E-state index is -0.808. The first kappa shape index (κ1) is 15.5. The fraction of sp³-hybridized carbons (Fsp3) is 0.529. The van der Waals surface area contributed by atoms with Crippen LogP contribution in [0.4, 0.5) is 5.69 Å². The molecule has 21 heavy (non-hydrogen) atoms. The van der Waals surface area contributed by atoms with Gasteiger partial charge in [0.2, 0.25) is 5.91 Å². The van der Waals surface area contributed by atoms with Crippen LogP contribution in [0, 0.1) is 5.41 Å². The lowest BCUT2D eigenvalue weighted by Crippen LogP contribution is -2.27. The van der Waals surface area contributed by atoms with Crippen LogP contribution in [0.25, 0.3) is 0 Å². The van der Waals surface area contributed by atoms with Gasteiger partial charge in [-0.15, -0.1) is 0 Å². The highest BCUT2D eigenvalue weighted by atomic mass is 16.4. The van der Waals surface area contributed by atoms with Gasteiger partial charge in [-0.3, -0.25) is 9.59 Å². The van der Waals surface area contributed by atoms with Crippen LogP contribution in [-0.4, -0.2) is 17.0 Å². The smallest absolute Gasteiger partial charge is 0.303 e. The molecule has 4 heteroatoms. The summed E-state index contributed by atoms with van der Waals surface area (Å²) < 4.78 is 0. The molecule has 0 radical (unpaired) electrons. The summed E-state index contributed by atoms with van der Waals surface area (Å²) in [4.78, 5) is 23.2. The summed E-state index contributed by atoms with van der Waals surface area (Å²) in [5.74, 6) is -0.889. The molecule has 2 rings (SSSR count). The van der Waals surface area contributed by atoms with E-state index in [4.69, 9.17) is 5.11 Å². The van der Waals surface area contributed by atoms with E-state index in [9.17, 15) is 9.59 Å². The maximum Gasteiger partial charge on any atom is 0.303 e. The first-order valence-electron chi connectivity index (χ1n) is 7.64. The van der Waals surface area contributed by atoms with Gasteiger partial charge >= 0.3 is 5.97 Å². The Morgan fingerprint density at radius 1 is 1.14 bits per heavy atom. The number of carbonyl (C=O) groups is 2. The van der Waals surface area contributed by atoms with Gasteiger partial charge in [0.25, 0.3) is 0 Å². The topological polar surface area (TPSA) is 66.4 Å². The van der Waals surface area contributed by atoms with E-state index in [1.165, 1.54) is 5.56 Å². The highest BCUT2D eigenvalue weighted by molar-refractivity contribution is 5.91. The number of aryl methyl sites for hydroxylation is 1. The van der Waals surface area contributed by atoms with E-state index in [0.717, 1.165) is 37.8 Å². The lowest BCUT2D eigenvalue weighted by atomic mass is 9.79. The van der Waals surface area contributed by atoms with E-state index >= 15 is 0 Å². The van der Waals surface area contributed by atoms with Gasteiger partial charge in [0.05, 0.1) is 6.42 Å². The van der Waals surface area contributed by atoms with E-state index < -0.39 is 5.97 Å². The van der Waals surface area contributed by atoms with Crippen molar-refractivity contribution in [1.29, 1.82) is 0 Å². The van der Waals surface area contributed by atoms with Crippen LogP contribution in [0.15, 0.2) is 24.3 Å². The molecule has 1 aliphatic carbocycles. The van der Waals surface area contributed by atoms with Crippen LogP contribution in [0.3, 0.4) is 0 Å². The van der Waals surface area contributed by atoms with Crippen LogP contribution in [0.1, 0.15) is 51.0 Å². The number of hydrogen-bond acceptors (Lipinski definition) is 2. The highest BCUT2D eigenvalue weighted by Gasteiger charge is 2.37. The molecule has 0 spiro atoms. The summed E-state index contributed by atoms with van der Waals surface area (Å²) in [5, 5.41) is 12.0. The Balaban J connectivity index is 1.97. The number of anilines is 1. The summed E-state index contributed by atoms with van der Waals surface area (Å²) in [6.45, 7) is 2.09. The van der Waals surface area contributed by atoms with Crippen molar-refractivity contribution in [2.75, 3.05) is 5.32 Å². The Hall–Kier alpha value is -1.84. The van der Waals surface area contributed by atoms with E-state index in [1.807, 2.05) is 24.3 Å². The van der Waals surface area contributed by atoms with Crippen molar-refractivity contribution in [3.05, 3.63) is 29.8 Å². The average molecular weight is 289 g/mol. The number of benzene rings is 1. The Bertz CT molecular complexity index is 501. The second kappa shape index (κ2) is 6.74. The van der Waals surface area contributed by atoms with Crippen LogP contribution in [0.2, 0.25) is 0 Å². The van der Waals surface area contributed by atoms with Crippen LogP contribution < -0.4 is 5.32 Å². The number of amides is 1. The van der Waals surface area contributed by atoms with Crippen molar-refractivity contribution in [2.45, 2.75) is 51.9 Å². The van der Waals surface area contributed by atoms with E-state index in [-0.39, 0.29) is 17.7 Å². The Kier molecular flexibility index (Phi) is 4.99. The average Bonchev–Trinajstić information content (AvgIpc) is 2.86. The van der Waals surface area contributed by atoms with Gasteiger partial charge in [-0.25, -0.2) is 0 Å². The fourth-order valence-electron chi connectivity index (χ4n) is 3.23. The number of carboxylic acids is 1. The zero-order valence-electron chi connectivity index (χ0n) is 12.5. The molecule has 1 aliphatic rings. The van der Waals surface area contributed by atoms with Gasteiger partial charge in [0, 0.05) is 12.1 Å². The zero-order chi connectivity index (χ0) is 15.3. The SMILES string of the molecule is CCc1ccc(NC(=O)CC2(CC(=O)O)CCCC2)cc1. The number of carboxylic acid groups (broad SMARTS) is 1. The molecule has 0 atom stereocenters. The van der Waals surface area contributed by atoms with E-state index in [1.54, 1.807) is 0 Å². The van der Waals surface area contributed by atoms with E-state index in [2.05, 4.69) is 12.2 Å². The van der Waals surface area contributed by atoms with Crippen LogP contribution in [0.5, 0.6) is 0 Å². The summed E-state index contributed by atoms with van der Waals surface area (Å²) >= 11 is 0. The monoisotopic (exact) mass is 289 g/mol. The number of aliphatic carboxylic acids is 1. The summed E-state index contributed by atoms with van der Waals surface area (Å²) in [7, 11) is 0. The van der Waals surface area contributed by atoms with Crippen LogP contribution >= 0.6 is 0 Å². The van der Waals surface area contributed by atoms with Gasteiger partial charge in [-0.2, -0.15) is 0 Å². The molecular weight excluding hydrogens is 266 g/mol. The minimum Gasteiger partial charge on any atom is -0.481 e. The molecule has 4 nitrogen and oxygen atoms in total. The molecule has 1 aromatic rings. The predicted molar refractivity (Wildman–Crippen MR) is 82.2 cm³/mol. The van der Waals surface area contributed by atoms with Gasteiger partial charge in [0.1, 0.15) is 0 Å². The summed E-state index contributed by atoms with van der Waals surface area (Å²) in [6, 6.07) is 7.79. The van der Waals surface area contributed by atoms with Crippen molar-refractivity contribution >= 4 is 17.6 Å². The molecule has 0 heterocycles. The number of carbonyl (C=O) groups excluding carboxylic acids is 1.